The smallest absolute Gasteiger partial charge is 0.319 e. The van der Waals surface area contributed by atoms with E-state index in [1.807, 2.05) is 31.2 Å². The van der Waals surface area contributed by atoms with Crippen molar-refractivity contribution in [2.45, 2.75) is 27.3 Å². The Kier molecular flexibility index (Phi) is 5.02. The first-order chi connectivity index (χ1) is 9.95. The van der Waals surface area contributed by atoms with E-state index in [-0.39, 0.29) is 6.03 Å². The summed E-state index contributed by atoms with van der Waals surface area (Å²) < 4.78 is 0.879. The van der Waals surface area contributed by atoms with Gasteiger partial charge in [-0.1, -0.05) is 29.8 Å². The van der Waals surface area contributed by atoms with Gasteiger partial charge in [0.2, 0.25) is 0 Å². The lowest BCUT2D eigenvalue weighted by molar-refractivity contribution is 0.251. The lowest BCUT2D eigenvalue weighted by Crippen LogP contribution is -2.28. The van der Waals surface area contributed by atoms with Gasteiger partial charge >= 0.3 is 6.03 Å². The zero-order valence-corrected chi connectivity index (χ0v) is 14.0. The number of aryl methyl sites for hydroxylation is 3. The van der Waals surface area contributed by atoms with Crippen molar-refractivity contribution in [3.05, 3.63) is 63.1 Å². The second-order valence-electron chi connectivity index (χ2n) is 5.22. The lowest BCUT2D eigenvalue weighted by atomic mass is 10.1. The molecule has 0 bridgehead atoms. The van der Waals surface area contributed by atoms with Gasteiger partial charge in [-0.2, -0.15) is 0 Å². The van der Waals surface area contributed by atoms with Crippen LogP contribution in [0.3, 0.4) is 0 Å². The molecule has 3 nitrogen and oxygen atoms in total. The van der Waals surface area contributed by atoms with E-state index in [9.17, 15) is 4.79 Å². The van der Waals surface area contributed by atoms with Gasteiger partial charge in [-0.3, -0.25) is 0 Å². The quantitative estimate of drug-likeness (QED) is 0.831. The Morgan fingerprint density at radius 2 is 1.71 bits per heavy atom. The first-order valence-electron chi connectivity index (χ1n) is 6.83. The van der Waals surface area contributed by atoms with Crippen molar-refractivity contribution in [2.24, 2.45) is 0 Å². The summed E-state index contributed by atoms with van der Waals surface area (Å²) in [5.41, 5.74) is 5.44. The van der Waals surface area contributed by atoms with Gasteiger partial charge < -0.3 is 10.6 Å². The summed E-state index contributed by atoms with van der Waals surface area (Å²) >= 11 is 3.45. The Morgan fingerprint density at radius 3 is 2.38 bits per heavy atom. The minimum Gasteiger partial charge on any atom is -0.334 e. The number of anilines is 1. The predicted octanol–water partition coefficient (Wildman–Crippen LogP) is 4.70. The Morgan fingerprint density at radius 1 is 1.05 bits per heavy atom. The Hall–Kier alpha value is -1.81. The van der Waals surface area contributed by atoms with Crippen LogP contribution >= 0.6 is 15.9 Å². The molecule has 2 aromatic rings. The molecule has 0 heterocycles. The zero-order valence-electron chi connectivity index (χ0n) is 12.5. The van der Waals surface area contributed by atoms with Crippen LogP contribution in [-0.2, 0) is 6.54 Å². The van der Waals surface area contributed by atoms with Crippen LogP contribution in [0.4, 0.5) is 10.5 Å². The molecule has 0 saturated carbocycles. The van der Waals surface area contributed by atoms with Crippen molar-refractivity contribution in [2.75, 3.05) is 5.32 Å². The summed E-state index contributed by atoms with van der Waals surface area (Å²) in [7, 11) is 0. The molecule has 0 radical (unpaired) electrons. The second kappa shape index (κ2) is 6.76. The van der Waals surface area contributed by atoms with E-state index >= 15 is 0 Å². The molecule has 2 rings (SSSR count). The molecule has 0 aliphatic heterocycles. The van der Waals surface area contributed by atoms with E-state index in [2.05, 4.69) is 52.5 Å². The Bertz CT molecular complexity index is 668. The summed E-state index contributed by atoms with van der Waals surface area (Å²) in [5, 5.41) is 5.72. The topological polar surface area (TPSA) is 41.1 Å². The average Bonchev–Trinajstić information content (AvgIpc) is 2.41. The molecule has 0 fully saturated rings. The molecule has 110 valence electrons. The zero-order chi connectivity index (χ0) is 15.4. The number of rotatable bonds is 3. The van der Waals surface area contributed by atoms with Crippen LogP contribution in [0.5, 0.6) is 0 Å². The van der Waals surface area contributed by atoms with Crippen LogP contribution in [0.2, 0.25) is 0 Å². The Balaban J connectivity index is 1.96. The monoisotopic (exact) mass is 346 g/mol. The maximum atomic E-state index is 12.0. The lowest BCUT2D eigenvalue weighted by Gasteiger charge is -2.11. The average molecular weight is 347 g/mol. The molecule has 21 heavy (non-hydrogen) atoms. The highest BCUT2D eigenvalue weighted by Gasteiger charge is 2.06. The van der Waals surface area contributed by atoms with Gasteiger partial charge in [-0.15, -0.1) is 0 Å². The molecule has 2 N–H and O–H groups in total. The fraction of sp³-hybridized carbons (Fsp3) is 0.235. The van der Waals surface area contributed by atoms with E-state index in [0.717, 1.165) is 21.3 Å². The van der Waals surface area contributed by atoms with Crippen molar-refractivity contribution in [1.82, 2.24) is 5.32 Å². The fourth-order valence-electron chi connectivity index (χ4n) is 2.11. The van der Waals surface area contributed by atoms with Crippen LogP contribution < -0.4 is 10.6 Å². The Labute approximate surface area is 133 Å². The van der Waals surface area contributed by atoms with Crippen molar-refractivity contribution < 1.29 is 4.79 Å². The van der Waals surface area contributed by atoms with Gasteiger partial charge in [0.15, 0.2) is 0 Å². The molecular weight excluding hydrogens is 328 g/mol. The number of benzene rings is 2. The van der Waals surface area contributed by atoms with Gasteiger partial charge in [0.25, 0.3) is 0 Å². The molecule has 0 unspecified atom stereocenters. The van der Waals surface area contributed by atoms with Gasteiger partial charge in [-0.05, 0) is 65.5 Å². The molecule has 4 heteroatoms. The number of carbonyl (C=O) groups excluding carboxylic acids is 1. The van der Waals surface area contributed by atoms with Crippen LogP contribution in [0.15, 0.2) is 40.9 Å². The third kappa shape index (κ3) is 4.33. The van der Waals surface area contributed by atoms with Gasteiger partial charge in [-0.25, -0.2) is 4.79 Å². The first-order valence-corrected chi connectivity index (χ1v) is 7.62. The van der Waals surface area contributed by atoms with Crippen LogP contribution in [-0.4, -0.2) is 6.03 Å². The number of carbonyl (C=O) groups is 1. The predicted molar refractivity (Wildman–Crippen MR) is 90.7 cm³/mol. The molecular formula is C17H19BrN2O. The van der Waals surface area contributed by atoms with Crippen LogP contribution in [0.1, 0.15) is 22.3 Å². The van der Waals surface area contributed by atoms with E-state index in [1.54, 1.807) is 0 Å². The summed E-state index contributed by atoms with van der Waals surface area (Å²) in [5.74, 6) is 0. The van der Waals surface area contributed by atoms with Gasteiger partial charge in [0.1, 0.15) is 0 Å². The third-order valence-electron chi connectivity index (χ3n) is 3.31. The number of urea groups is 1. The van der Waals surface area contributed by atoms with Gasteiger partial charge in [0.05, 0.1) is 5.69 Å². The third-order valence-corrected chi connectivity index (χ3v) is 3.97. The van der Waals surface area contributed by atoms with Crippen LogP contribution in [0, 0.1) is 20.8 Å². The van der Waals surface area contributed by atoms with Crippen molar-refractivity contribution in [3.63, 3.8) is 0 Å². The molecule has 0 aromatic heterocycles. The van der Waals surface area contributed by atoms with E-state index in [4.69, 9.17) is 0 Å². The maximum Gasteiger partial charge on any atom is 0.319 e. The molecule has 0 aliphatic carbocycles. The fourth-order valence-corrected chi connectivity index (χ4v) is 2.70. The second-order valence-corrected chi connectivity index (χ2v) is 6.08. The van der Waals surface area contributed by atoms with Gasteiger partial charge in [0, 0.05) is 11.0 Å². The minimum atomic E-state index is -0.209. The SMILES string of the molecule is Cc1ccc(CNC(=O)Nc2ccc(C)cc2Br)c(C)c1. The molecule has 2 aromatic carbocycles. The normalized spacial score (nSPS) is 10.3. The first kappa shape index (κ1) is 15.6. The number of amides is 2. The number of nitrogens with one attached hydrogen (secondary N) is 2. The van der Waals surface area contributed by atoms with Crippen LogP contribution in [0.25, 0.3) is 0 Å². The summed E-state index contributed by atoms with van der Waals surface area (Å²) in [6.07, 6.45) is 0. The van der Waals surface area contributed by atoms with Crippen molar-refractivity contribution in [1.29, 1.82) is 0 Å². The number of halogens is 1. The largest absolute Gasteiger partial charge is 0.334 e. The standard InChI is InChI=1S/C17H19BrN2O/c1-11-4-6-14(13(3)8-11)10-19-17(21)20-16-7-5-12(2)9-15(16)18/h4-9H,10H2,1-3H3,(H2,19,20,21). The maximum absolute atomic E-state index is 12.0. The molecule has 0 aliphatic rings. The molecule has 0 saturated heterocycles. The summed E-state index contributed by atoms with van der Waals surface area (Å²) in [6, 6.07) is 11.8. The highest BCUT2D eigenvalue weighted by molar-refractivity contribution is 9.10. The molecule has 2 amide bonds. The highest BCUT2D eigenvalue weighted by atomic mass is 79.9. The number of hydrogen-bond donors (Lipinski definition) is 2. The van der Waals surface area contributed by atoms with E-state index in [1.165, 1.54) is 11.1 Å². The summed E-state index contributed by atoms with van der Waals surface area (Å²) in [4.78, 5) is 12.0. The van der Waals surface area contributed by atoms with Crippen molar-refractivity contribution >= 4 is 27.6 Å². The summed E-state index contributed by atoms with van der Waals surface area (Å²) in [6.45, 7) is 6.64. The van der Waals surface area contributed by atoms with Crippen molar-refractivity contribution in [3.8, 4) is 0 Å². The molecule has 0 spiro atoms. The number of hydrogen-bond acceptors (Lipinski definition) is 1. The highest BCUT2D eigenvalue weighted by Crippen LogP contribution is 2.23. The minimum absolute atomic E-state index is 0.209. The molecule has 0 atom stereocenters. The van der Waals surface area contributed by atoms with E-state index in [0.29, 0.717) is 6.54 Å². The van der Waals surface area contributed by atoms with E-state index < -0.39 is 0 Å².